The maximum Gasteiger partial charge on any atom is 0.337 e. The molecule has 2 aromatic rings. The zero-order chi connectivity index (χ0) is 26.7. The molecule has 1 aliphatic heterocycles. The molecule has 0 spiro atoms. The summed E-state index contributed by atoms with van der Waals surface area (Å²) < 4.78 is 9.38. The van der Waals surface area contributed by atoms with E-state index in [1.807, 2.05) is 0 Å². The van der Waals surface area contributed by atoms with Gasteiger partial charge >= 0.3 is 11.9 Å². The Bertz CT molecular complexity index is 1050. The smallest absolute Gasteiger partial charge is 0.337 e. The van der Waals surface area contributed by atoms with Gasteiger partial charge in [-0.3, -0.25) is 19.3 Å². The zero-order valence-corrected chi connectivity index (χ0v) is 21.2. The summed E-state index contributed by atoms with van der Waals surface area (Å²) in [5.41, 5.74) is -0.531. The Morgan fingerprint density at radius 3 is 1.22 bits per heavy atom. The number of hydroxylamine groups is 4. The first-order valence-corrected chi connectivity index (χ1v) is 11.2. The Morgan fingerprint density at radius 1 is 0.639 bits per heavy atom. The van der Waals surface area contributed by atoms with E-state index in [9.17, 15) is 19.2 Å². The van der Waals surface area contributed by atoms with Crippen molar-refractivity contribution < 1.29 is 38.3 Å². The van der Waals surface area contributed by atoms with E-state index in [1.165, 1.54) is 14.2 Å². The van der Waals surface area contributed by atoms with Crippen LogP contribution in [0.15, 0.2) is 48.5 Å². The molecule has 0 atom stereocenters. The van der Waals surface area contributed by atoms with Gasteiger partial charge in [-0.05, 0) is 63.1 Å². The van der Waals surface area contributed by atoms with Gasteiger partial charge in [0.25, 0.3) is 11.8 Å². The van der Waals surface area contributed by atoms with Crippen molar-refractivity contribution in [2.45, 2.75) is 52.0 Å². The van der Waals surface area contributed by atoms with Crippen molar-refractivity contribution in [3.8, 4) is 0 Å². The predicted molar refractivity (Wildman–Crippen MR) is 127 cm³/mol. The van der Waals surface area contributed by atoms with Crippen molar-refractivity contribution in [2.24, 2.45) is 0 Å². The lowest BCUT2D eigenvalue weighted by Crippen LogP contribution is -2.72. The van der Waals surface area contributed by atoms with Crippen LogP contribution in [0.25, 0.3) is 0 Å². The van der Waals surface area contributed by atoms with Gasteiger partial charge in [0.15, 0.2) is 0 Å². The van der Waals surface area contributed by atoms with Crippen molar-refractivity contribution in [2.75, 3.05) is 14.2 Å². The van der Waals surface area contributed by atoms with Crippen molar-refractivity contribution in [1.82, 2.24) is 10.1 Å². The van der Waals surface area contributed by atoms with Gasteiger partial charge in [0.1, 0.15) is 24.3 Å². The van der Waals surface area contributed by atoms with Gasteiger partial charge in [-0.1, -0.05) is 24.3 Å². The second-order valence-electron chi connectivity index (χ2n) is 9.24. The standard InChI is InChI=1S/C26H30N2O8/c1-25(2)23(31)28(36-16-18-9-13-20(14-10-18)22(30)34-6)26(3,4)24(32)27(25)35-15-17-7-11-19(12-8-17)21(29)33-5/h7-14H,15-16H2,1-6H3. The van der Waals surface area contributed by atoms with Crippen molar-refractivity contribution in [3.05, 3.63) is 70.8 Å². The van der Waals surface area contributed by atoms with Crippen LogP contribution in [-0.2, 0) is 42.0 Å². The van der Waals surface area contributed by atoms with Crippen molar-refractivity contribution in [3.63, 3.8) is 0 Å². The topological polar surface area (TPSA) is 112 Å². The number of benzene rings is 2. The lowest BCUT2D eigenvalue weighted by molar-refractivity contribution is -0.286. The molecule has 1 saturated heterocycles. The molecular weight excluding hydrogens is 468 g/mol. The highest BCUT2D eigenvalue weighted by molar-refractivity contribution is 6.00. The molecule has 0 bridgehead atoms. The summed E-state index contributed by atoms with van der Waals surface area (Å²) in [6, 6.07) is 13.1. The summed E-state index contributed by atoms with van der Waals surface area (Å²) in [7, 11) is 2.60. The number of carbonyl (C=O) groups excluding carboxylic acids is 4. The summed E-state index contributed by atoms with van der Waals surface area (Å²) in [6.45, 7) is 6.31. The average Bonchev–Trinajstić information content (AvgIpc) is 2.87. The zero-order valence-electron chi connectivity index (χ0n) is 21.2. The Hall–Kier alpha value is -3.76. The predicted octanol–water partition coefficient (Wildman–Crippen LogP) is 3.05. The van der Waals surface area contributed by atoms with E-state index in [-0.39, 0.29) is 13.2 Å². The fourth-order valence-electron chi connectivity index (χ4n) is 3.61. The maximum absolute atomic E-state index is 13.4. The van der Waals surface area contributed by atoms with E-state index in [2.05, 4.69) is 9.47 Å². The Morgan fingerprint density at radius 2 is 0.944 bits per heavy atom. The molecule has 36 heavy (non-hydrogen) atoms. The summed E-state index contributed by atoms with van der Waals surface area (Å²) in [4.78, 5) is 61.6. The molecule has 2 aromatic carbocycles. The lowest BCUT2D eigenvalue weighted by Gasteiger charge is -2.50. The minimum atomic E-state index is -1.35. The third-order valence-corrected chi connectivity index (χ3v) is 5.90. The average molecular weight is 499 g/mol. The molecule has 1 fully saturated rings. The number of nitrogens with zero attached hydrogens (tertiary/aromatic N) is 2. The van der Waals surface area contributed by atoms with Crippen LogP contribution < -0.4 is 0 Å². The Kier molecular flexibility index (Phi) is 7.80. The number of rotatable bonds is 8. The van der Waals surface area contributed by atoms with E-state index in [4.69, 9.17) is 9.68 Å². The number of amides is 2. The molecule has 0 unspecified atom stereocenters. The molecule has 0 aromatic heterocycles. The first kappa shape index (κ1) is 26.8. The maximum atomic E-state index is 13.4. The molecule has 0 saturated carbocycles. The van der Waals surface area contributed by atoms with Crippen molar-refractivity contribution >= 4 is 23.8 Å². The number of carbonyl (C=O) groups is 4. The molecule has 192 valence electrons. The van der Waals surface area contributed by atoms with Gasteiger partial charge in [-0.15, -0.1) is 0 Å². The molecule has 0 radical (unpaired) electrons. The van der Waals surface area contributed by atoms with Gasteiger partial charge < -0.3 is 9.47 Å². The monoisotopic (exact) mass is 498 g/mol. The second-order valence-corrected chi connectivity index (χ2v) is 9.24. The summed E-state index contributed by atoms with van der Waals surface area (Å²) in [6.07, 6.45) is 0. The van der Waals surface area contributed by atoms with E-state index in [0.29, 0.717) is 22.3 Å². The number of esters is 2. The quantitative estimate of drug-likeness (QED) is 0.511. The number of piperazine rings is 1. The van der Waals surface area contributed by atoms with Crippen LogP contribution in [0.1, 0.15) is 59.5 Å². The van der Waals surface area contributed by atoms with E-state index in [0.717, 1.165) is 10.1 Å². The molecule has 10 heteroatoms. The van der Waals surface area contributed by atoms with Crippen LogP contribution >= 0.6 is 0 Å². The molecule has 1 aliphatic rings. The van der Waals surface area contributed by atoms with E-state index >= 15 is 0 Å². The number of hydrogen-bond donors (Lipinski definition) is 0. The third kappa shape index (κ3) is 5.24. The molecule has 0 N–H and O–H groups in total. The second kappa shape index (κ2) is 10.5. The third-order valence-electron chi connectivity index (χ3n) is 5.90. The van der Waals surface area contributed by atoms with Gasteiger partial charge in [0.05, 0.1) is 25.3 Å². The normalized spacial score (nSPS) is 16.6. The molecular formula is C26H30N2O8. The largest absolute Gasteiger partial charge is 0.465 e. The molecule has 0 aliphatic carbocycles. The summed E-state index contributed by atoms with van der Waals surface area (Å²) >= 11 is 0. The number of hydrogen-bond acceptors (Lipinski definition) is 8. The van der Waals surface area contributed by atoms with Gasteiger partial charge in [-0.25, -0.2) is 19.7 Å². The van der Waals surface area contributed by atoms with Gasteiger partial charge in [0.2, 0.25) is 0 Å². The van der Waals surface area contributed by atoms with Gasteiger partial charge in [0, 0.05) is 0 Å². The first-order valence-electron chi connectivity index (χ1n) is 11.2. The minimum absolute atomic E-state index is 0.00732. The molecule has 3 rings (SSSR count). The van der Waals surface area contributed by atoms with Gasteiger partial charge in [-0.2, -0.15) is 0 Å². The first-order chi connectivity index (χ1) is 16.9. The highest BCUT2D eigenvalue weighted by Crippen LogP contribution is 2.34. The molecule has 10 nitrogen and oxygen atoms in total. The van der Waals surface area contributed by atoms with Crippen LogP contribution in [0.2, 0.25) is 0 Å². The van der Waals surface area contributed by atoms with E-state index in [1.54, 1.807) is 76.2 Å². The lowest BCUT2D eigenvalue weighted by atomic mass is 9.91. The van der Waals surface area contributed by atoms with Crippen LogP contribution in [0.5, 0.6) is 0 Å². The van der Waals surface area contributed by atoms with Crippen molar-refractivity contribution in [1.29, 1.82) is 0 Å². The summed E-state index contributed by atoms with van der Waals surface area (Å²) in [5, 5.41) is 2.16. The minimum Gasteiger partial charge on any atom is -0.465 e. The summed E-state index contributed by atoms with van der Waals surface area (Å²) in [5.74, 6) is -1.83. The van der Waals surface area contributed by atoms with Crippen LogP contribution in [0.4, 0.5) is 0 Å². The Labute approximate surface area is 209 Å². The van der Waals surface area contributed by atoms with Crippen LogP contribution in [0.3, 0.4) is 0 Å². The van der Waals surface area contributed by atoms with Crippen LogP contribution in [0, 0.1) is 0 Å². The Balaban J connectivity index is 1.71. The fraction of sp³-hybridized carbons (Fsp3) is 0.385. The SMILES string of the molecule is COC(=O)c1ccc(CON2C(=O)C(C)(C)N(OCc3ccc(C(=O)OC)cc3)C(=O)C2(C)C)cc1. The molecule has 2 amide bonds. The van der Waals surface area contributed by atoms with Crippen LogP contribution in [-0.4, -0.2) is 59.2 Å². The highest BCUT2D eigenvalue weighted by Gasteiger charge is 2.57. The van der Waals surface area contributed by atoms with E-state index < -0.39 is 34.8 Å². The molecule has 1 heterocycles. The number of ether oxygens (including phenoxy) is 2. The number of methoxy groups -OCH3 is 2. The fourth-order valence-corrected chi connectivity index (χ4v) is 3.61. The highest BCUT2D eigenvalue weighted by atomic mass is 16.7.